The second-order valence-electron chi connectivity index (χ2n) is 7.08. The summed E-state index contributed by atoms with van der Waals surface area (Å²) in [6, 6.07) is 12.2. The third-order valence-electron chi connectivity index (χ3n) is 4.68. The molecule has 2 amide bonds. The Labute approximate surface area is 180 Å². The number of carbonyl (C=O) groups excluding carboxylic acids is 2. The Balaban J connectivity index is 1.96. The molecular formula is C23H26N2O6. The average molecular weight is 426 g/mol. The fourth-order valence-electron chi connectivity index (χ4n) is 3.07. The van der Waals surface area contributed by atoms with Crippen LogP contribution >= 0.6 is 0 Å². The van der Waals surface area contributed by atoms with E-state index in [4.69, 9.17) is 14.6 Å². The van der Waals surface area contributed by atoms with Gasteiger partial charge in [0.1, 0.15) is 29.8 Å². The maximum absolute atomic E-state index is 12.9. The summed E-state index contributed by atoms with van der Waals surface area (Å²) in [6.07, 6.45) is 1.22. The molecule has 0 bridgehead atoms. The normalized spacial score (nSPS) is 15.9. The molecule has 0 unspecified atom stereocenters. The van der Waals surface area contributed by atoms with Crippen LogP contribution in [0.3, 0.4) is 0 Å². The molecule has 3 N–H and O–H groups in total. The van der Waals surface area contributed by atoms with E-state index >= 15 is 0 Å². The first-order chi connectivity index (χ1) is 15.0. The first kappa shape index (κ1) is 22.3. The maximum Gasteiger partial charge on any atom is 0.282 e. The molecule has 1 heterocycles. The molecule has 1 atom stereocenters. The van der Waals surface area contributed by atoms with Gasteiger partial charge in [-0.3, -0.25) is 15.0 Å². The highest BCUT2D eigenvalue weighted by Gasteiger charge is 2.34. The van der Waals surface area contributed by atoms with Crippen molar-refractivity contribution in [3.63, 3.8) is 0 Å². The van der Waals surface area contributed by atoms with Crippen molar-refractivity contribution >= 4 is 23.6 Å². The second kappa shape index (κ2) is 10.1. The number of carbonyl (C=O) groups is 2. The molecule has 2 aromatic carbocycles. The highest BCUT2D eigenvalue weighted by atomic mass is 16.5. The van der Waals surface area contributed by atoms with E-state index in [0.29, 0.717) is 34.9 Å². The highest BCUT2D eigenvalue weighted by Crippen LogP contribution is 2.34. The van der Waals surface area contributed by atoms with E-state index in [1.54, 1.807) is 43.3 Å². The second-order valence-corrected chi connectivity index (χ2v) is 7.08. The molecule has 0 aliphatic carbocycles. The van der Waals surface area contributed by atoms with Crippen molar-refractivity contribution in [3.8, 4) is 11.5 Å². The topological polar surface area (TPSA) is 108 Å². The molecule has 1 aliphatic rings. The van der Waals surface area contributed by atoms with Crippen molar-refractivity contribution in [2.45, 2.75) is 26.4 Å². The molecule has 1 aliphatic heterocycles. The van der Waals surface area contributed by atoms with Crippen LogP contribution in [0.5, 0.6) is 11.5 Å². The number of aliphatic hydroxyl groups is 2. The minimum atomic E-state index is -1.06. The maximum atomic E-state index is 12.9. The molecule has 0 saturated carbocycles. The molecule has 1 saturated heterocycles. The molecular weight excluding hydrogens is 400 g/mol. The lowest BCUT2D eigenvalue weighted by atomic mass is 10.0. The molecule has 8 nitrogen and oxygen atoms in total. The fraction of sp³-hybridized carbons (Fsp3) is 0.304. The van der Waals surface area contributed by atoms with Gasteiger partial charge in [-0.2, -0.15) is 0 Å². The summed E-state index contributed by atoms with van der Waals surface area (Å²) in [5.74, 6) is -0.0429. The van der Waals surface area contributed by atoms with Crippen LogP contribution in [0.2, 0.25) is 0 Å². The zero-order valence-corrected chi connectivity index (χ0v) is 17.5. The zero-order valence-electron chi connectivity index (χ0n) is 17.5. The van der Waals surface area contributed by atoms with Crippen molar-refractivity contribution in [2.75, 3.05) is 24.8 Å². The van der Waals surface area contributed by atoms with Crippen LogP contribution in [0.15, 0.2) is 48.0 Å². The molecule has 31 heavy (non-hydrogen) atoms. The van der Waals surface area contributed by atoms with Crippen LogP contribution < -0.4 is 19.9 Å². The number of nitrogens with zero attached hydrogens (tertiary/aromatic N) is 1. The number of hydrogen-bond donors (Lipinski definition) is 3. The Morgan fingerprint density at radius 3 is 2.55 bits per heavy atom. The van der Waals surface area contributed by atoms with Gasteiger partial charge >= 0.3 is 0 Å². The lowest BCUT2D eigenvalue weighted by molar-refractivity contribution is -0.117. The van der Waals surface area contributed by atoms with Crippen molar-refractivity contribution in [1.29, 1.82) is 0 Å². The molecule has 3 rings (SSSR count). The van der Waals surface area contributed by atoms with E-state index in [1.807, 2.05) is 13.0 Å². The molecule has 8 heteroatoms. The van der Waals surface area contributed by atoms with E-state index in [0.717, 1.165) is 6.42 Å². The summed E-state index contributed by atoms with van der Waals surface area (Å²) in [6.45, 7) is 3.70. The summed E-state index contributed by atoms with van der Waals surface area (Å²) in [5.41, 5.74) is 4.22. The summed E-state index contributed by atoms with van der Waals surface area (Å²) in [7, 11) is 0. The number of benzene rings is 2. The van der Waals surface area contributed by atoms with Gasteiger partial charge in [0.25, 0.3) is 11.8 Å². The SMILES string of the molecule is CCCOc1ccc(/C=C2\C(=O)NN(c3ccccc3)C2=O)c(OC[C@@H](O)CO)c1C. The number of hydrogen-bond acceptors (Lipinski definition) is 6. The Bertz CT molecular complexity index is 974. The van der Waals surface area contributed by atoms with E-state index in [9.17, 15) is 14.7 Å². The minimum absolute atomic E-state index is 0.0435. The number of nitrogens with one attached hydrogen (secondary N) is 1. The third kappa shape index (κ3) is 5.04. The van der Waals surface area contributed by atoms with Gasteiger partial charge in [-0.25, -0.2) is 5.01 Å². The minimum Gasteiger partial charge on any atom is -0.493 e. The van der Waals surface area contributed by atoms with Crippen molar-refractivity contribution in [3.05, 3.63) is 59.2 Å². The van der Waals surface area contributed by atoms with Gasteiger partial charge in [0.2, 0.25) is 0 Å². The Morgan fingerprint density at radius 1 is 1.13 bits per heavy atom. The third-order valence-corrected chi connectivity index (χ3v) is 4.68. The molecule has 0 radical (unpaired) electrons. The van der Waals surface area contributed by atoms with Gasteiger partial charge < -0.3 is 19.7 Å². The molecule has 164 valence electrons. The summed E-state index contributed by atoms with van der Waals surface area (Å²) in [5, 5.41) is 20.0. The zero-order chi connectivity index (χ0) is 22.4. The lowest BCUT2D eigenvalue weighted by Gasteiger charge is -2.17. The molecule has 0 aromatic heterocycles. The summed E-state index contributed by atoms with van der Waals surface area (Å²) in [4.78, 5) is 25.4. The monoisotopic (exact) mass is 426 g/mol. The number of aliphatic hydroxyl groups excluding tert-OH is 2. The van der Waals surface area contributed by atoms with Crippen molar-refractivity contribution < 1.29 is 29.3 Å². The van der Waals surface area contributed by atoms with Crippen molar-refractivity contribution in [2.24, 2.45) is 0 Å². The average Bonchev–Trinajstić information content (AvgIpc) is 3.06. The molecule has 1 fully saturated rings. The number of rotatable bonds is 9. The fourth-order valence-corrected chi connectivity index (χ4v) is 3.07. The standard InChI is InChI=1S/C23H26N2O6/c1-3-11-30-20-10-9-16(21(15(20)2)31-14-18(27)13-26)12-19-22(28)24-25(23(19)29)17-7-5-4-6-8-17/h4-10,12,18,26-27H,3,11,13-14H2,1-2H3,(H,24,28)/b19-12+/t18-/m0/s1. The van der Waals surface area contributed by atoms with Crippen LogP contribution in [0.1, 0.15) is 24.5 Å². The Hall–Kier alpha value is -3.36. The van der Waals surface area contributed by atoms with Gasteiger partial charge in [-0.05, 0) is 43.7 Å². The summed E-state index contributed by atoms with van der Waals surface area (Å²) < 4.78 is 11.5. The predicted molar refractivity (Wildman–Crippen MR) is 116 cm³/mol. The van der Waals surface area contributed by atoms with Crippen LogP contribution in [0.4, 0.5) is 5.69 Å². The van der Waals surface area contributed by atoms with E-state index < -0.39 is 24.5 Å². The first-order valence-electron chi connectivity index (χ1n) is 10.1. The van der Waals surface area contributed by atoms with Crippen LogP contribution in [0.25, 0.3) is 6.08 Å². The number of hydrazine groups is 1. The van der Waals surface area contributed by atoms with Gasteiger partial charge in [0, 0.05) is 11.1 Å². The van der Waals surface area contributed by atoms with E-state index in [-0.39, 0.29) is 12.2 Å². The lowest BCUT2D eigenvalue weighted by Crippen LogP contribution is -2.35. The van der Waals surface area contributed by atoms with E-state index in [2.05, 4.69) is 5.43 Å². The van der Waals surface area contributed by atoms with Crippen LogP contribution in [0, 0.1) is 6.92 Å². The Morgan fingerprint density at radius 2 is 1.87 bits per heavy atom. The highest BCUT2D eigenvalue weighted by molar-refractivity contribution is 6.31. The van der Waals surface area contributed by atoms with Crippen LogP contribution in [-0.2, 0) is 9.59 Å². The molecule has 0 spiro atoms. The number of ether oxygens (including phenoxy) is 2. The summed E-state index contributed by atoms with van der Waals surface area (Å²) >= 11 is 0. The largest absolute Gasteiger partial charge is 0.493 e. The number of amides is 2. The first-order valence-corrected chi connectivity index (χ1v) is 10.1. The number of anilines is 1. The van der Waals surface area contributed by atoms with Gasteiger partial charge in [0.15, 0.2) is 0 Å². The molecule has 2 aromatic rings. The van der Waals surface area contributed by atoms with Gasteiger partial charge in [0.05, 0.1) is 18.9 Å². The van der Waals surface area contributed by atoms with E-state index in [1.165, 1.54) is 11.1 Å². The Kier molecular flexibility index (Phi) is 7.28. The smallest absolute Gasteiger partial charge is 0.282 e. The van der Waals surface area contributed by atoms with Crippen LogP contribution in [-0.4, -0.2) is 48.0 Å². The number of para-hydroxylation sites is 1. The van der Waals surface area contributed by atoms with Crippen molar-refractivity contribution in [1.82, 2.24) is 5.43 Å². The van der Waals surface area contributed by atoms with Gasteiger partial charge in [-0.15, -0.1) is 0 Å². The predicted octanol–water partition coefficient (Wildman–Crippen LogP) is 1.98. The quantitative estimate of drug-likeness (QED) is 0.418. The van der Waals surface area contributed by atoms with Gasteiger partial charge in [-0.1, -0.05) is 25.1 Å².